The fourth-order valence-electron chi connectivity index (χ4n) is 1.93. The van der Waals surface area contributed by atoms with Crippen molar-refractivity contribution in [2.24, 2.45) is 0 Å². The summed E-state index contributed by atoms with van der Waals surface area (Å²) in [7, 11) is -0.896. The minimum Gasteiger partial charge on any atom is -0.377 e. The molecule has 1 aromatic rings. The lowest BCUT2D eigenvalue weighted by Crippen LogP contribution is -2.24. The van der Waals surface area contributed by atoms with Gasteiger partial charge in [-0.05, 0) is 25.0 Å². The largest absolute Gasteiger partial charge is 0.377 e. The van der Waals surface area contributed by atoms with Crippen molar-refractivity contribution in [1.29, 1.82) is 0 Å². The third-order valence-electron chi connectivity index (χ3n) is 2.90. The highest BCUT2D eigenvalue weighted by Crippen LogP contribution is 2.23. The summed E-state index contributed by atoms with van der Waals surface area (Å²) in [6.45, 7) is 2.71. The smallest absolute Gasteiger partial charge is 0.0691 e. The topological polar surface area (TPSA) is 26.3 Å². The molecule has 0 aliphatic carbocycles. The molecule has 3 atom stereocenters. The second-order valence-electron chi connectivity index (χ2n) is 4.02. The molecule has 88 valence electrons. The normalized spacial score (nSPS) is 26.9. The van der Waals surface area contributed by atoms with E-state index in [2.05, 4.69) is 0 Å². The van der Waals surface area contributed by atoms with Gasteiger partial charge in [0, 0.05) is 22.4 Å². The Hall–Kier alpha value is -0.380. The Balaban J connectivity index is 2.05. The van der Waals surface area contributed by atoms with Crippen molar-refractivity contribution in [2.75, 3.05) is 6.61 Å². The number of benzene rings is 1. The lowest BCUT2D eigenvalue weighted by Gasteiger charge is -2.14. The van der Waals surface area contributed by atoms with Crippen LogP contribution < -0.4 is 0 Å². The summed E-state index contributed by atoms with van der Waals surface area (Å²) in [6, 6.07) is 7.58. The molecule has 0 N–H and O–H groups in total. The van der Waals surface area contributed by atoms with E-state index >= 15 is 0 Å². The molecule has 0 bridgehead atoms. The molecule has 16 heavy (non-hydrogen) atoms. The molecule has 0 spiro atoms. The number of rotatable bonds is 3. The maximum Gasteiger partial charge on any atom is 0.0691 e. The monoisotopic (exact) mass is 258 g/mol. The van der Waals surface area contributed by atoms with Crippen LogP contribution in [0, 0.1) is 0 Å². The molecule has 2 rings (SSSR count). The predicted molar refractivity (Wildman–Crippen MR) is 67.1 cm³/mol. The van der Waals surface area contributed by atoms with E-state index in [1.54, 1.807) is 0 Å². The Bertz CT molecular complexity index is 394. The molecule has 1 saturated heterocycles. The molecule has 2 nitrogen and oxygen atoms in total. The van der Waals surface area contributed by atoms with Gasteiger partial charge < -0.3 is 4.74 Å². The van der Waals surface area contributed by atoms with E-state index in [-0.39, 0.29) is 11.4 Å². The molecule has 1 aromatic carbocycles. The summed E-state index contributed by atoms with van der Waals surface area (Å²) >= 11 is 6.05. The van der Waals surface area contributed by atoms with Crippen molar-refractivity contribution in [3.63, 3.8) is 0 Å². The quantitative estimate of drug-likeness (QED) is 0.833. The Morgan fingerprint density at radius 3 is 2.88 bits per heavy atom. The number of hydrogen-bond donors (Lipinski definition) is 0. The Morgan fingerprint density at radius 2 is 2.25 bits per heavy atom. The second-order valence-corrected chi connectivity index (χ2v) is 6.08. The summed E-state index contributed by atoms with van der Waals surface area (Å²) in [6.07, 6.45) is 0.987. The van der Waals surface area contributed by atoms with E-state index in [9.17, 15) is 4.21 Å². The first-order chi connectivity index (χ1) is 7.68. The van der Waals surface area contributed by atoms with Crippen molar-refractivity contribution in [1.82, 2.24) is 0 Å². The first-order valence-corrected chi connectivity index (χ1v) is 7.16. The number of ether oxygens (including phenoxy) is 1. The number of hydrogen-bond acceptors (Lipinski definition) is 2. The van der Waals surface area contributed by atoms with Crippen molar-refractivity contribution in [3.05, 3.63) is 34.9 Å². The van der Waals surface area contributed by atoms with Crippen LogP contribution in [0.4, 0.5) is 0 Å². The summed E-state index contributed by atoms with van der Waals surface area (Å²) < 4.78 is 17.6. The first kappa shape index (κ1) is 12.1. The molecule has 1 aliphatic rings. The second kappa shape index (κ2) is 5.30. The van der Waals surface area contributed by atoms with Crippen LogP contribution in [-0.2, 0) is 21.3 Å². The average molecular weight is 259 g/mol. The Labute approximate surface area is 103 Å². The van der Waals surface area contributed by atoms with Gasteiger partial charge in [-0.25, -0.2) is 0 Å². The molecule has 0 saturated carbocycles. The highest BCUT2D eigenvalue weighted by Gasteiger charge is 2.29. The number of halogens is 1. The standard InChI is InChI=1S/C12H15ClO2S/c1-9-12(6-7-15-9)16(14)8-10-4-2-3-5-11(10)13/h2-5,9,12H,6-8H2,1H3/t9-,12+,16-/m0/s1. The van der Waals surface area contributed by atoms with Crippen LogP contribution in [0.1, 0.15) is 18.9 Å². The van der Waals surface area contributed by atoms with E-state index in [1.165, 1.54) is 0 Å². The molecule has 1 heterocycles. The summed E-state index contributed by atoms with van der Waals surface area (Å²) in [5, 5.41) is 0.846. The maximum absolute atomic E-state index is 12.1. The van der Waals surface area contributed by atoms with Gasteiger partial charge in [-0.1, -0.05) is 29.8 Å². The zero-order chi connectivity index (χ0) is 11.5. The summed E-state index contributed by atoms with van der Waals surface area (Å²) in [5.74, 6) is 0.526. The molecule has 4 heteroatoms. The Kier molecular flexibility index (Phi) is 4.00. The molecule has 0 unspecified atom stereocenters. The van der Waals surface area contributed by atoms with E-state index in [0.29, 0.717) is 10.8 Å². The van der Waals surface area contributed by atoms with E-state index in [4.69, 9.17) is 16.3 Å². The van der Waals surface area contributed by atoms with Gasteiger partial charge in [0.25, 0.3) is 0 Å². The molecule has 0 amide bonds. The SMILES string of the molecule is C[C@@H]1OCC[C@H]1[S@@](=O)Cc1ccccc1Cl. The molecule has 0 aromatic heterocycles. The fourth-order valence-corrected chi connectivity index (χ4v) is 3.85. The fraction of sp³-hybridized carbons (Fsp3) is 0.500. The molecule has 1 fully saturated rings. The third-order valence-corrected chi connectivity index (χ3v) is 5.16. The predicted octanol–water partition coefficient (Wildman–Crippen LogP) is 2.77. The van der Waals surface area contributed by atoms with Gasteiger partial charge in [-0.2, -0.15) is 0 Å². The highest BCUT2D eigenvalue weighted by atomic mass is 35.5. The zero-order valence-corrected chi connectivity index (χ0v) is 10.8. The summed E-state index contributed by atoms with van der Waals surface area (Å²) in [4.78, 5) is 0. The van der Waals surface area contributed by atoms with Gasteiger partial charge in [0.05, 0.1) is 17.1 Å². The molecule has 0 radical (unpaired) electrons. The minimum atomic E-state index is -0.896. The summed E-state index contributed by atoms with van der Waals surface area (Å²) in [5.41, 5.74) is 0.960. The molecular formula is C12H15ClO2S. The first-order valence-electron chi connectivity index (χ1n) is 5.40. The van der Waals surface area contributed by atoms with Gasteiger partial charge in [0.2, 0.25) is 0 Å². The van der Waals surface area contributed by atoms with Crippen molar-refractivity contribution >= 4 is 22.4 Å². The average Bonchev–Trinajstić information content (AvgIpc) is 2.68. The van der Waals surface area contributed by atoms with E-state index in [0.717, 1.165) is 18.6 Å². The van der Waals surface area contributed by atoms with Crippen molar-refractivity contribution in [2.45, 2.75) is 30.5 Å². The van der Waals surface area contributed by atoms with Crippen molar-refractivity contribution < 1.29 is 8.95 Å². The maximum atomic E-state index is 12.1. The van der Waals surface area contributed by atoms with Crippen LogP contribution >= 0.6 is 11.6 Å². The van der Waals surface area contributed by atoms with Crippen LogP contribution in [0.2, 0.25) is 5.02 Å². The lowest BCUT2D eigenvalue weighted by atomic mass is 10.2. The zero-order valence-electron chi connectivity index (χ0n) is 9.19. The highest BCUT2D eigenvalue weighted by molar-refractivity contribution is 7.84. The van der Waals surface area contributed by atoms with Crippen LogP contribution in [0.25, 0.3) is 0 Å². The van der Waals surface area contributed by atoms with Crippen molar-refractivity contribution in [3.8, 4) is 0 Å². The minimum absolute atomic E-state index is 0.100. The van der Waals surface area contributed by atoms with Gasteiger partial charge in [-0.3, -0.25) is 4.21 Å². The Morgan fingerprint density at radius 1 is 1.50 bits per heavy atom. The molecular weight excluding hydrogens is 244 g/mol. The van der Waals surface area contributed by atoms with Gasteiger partial charge in [0.15, 0.2) is 0 Å². The van der Waals surface area contributed by atoms with Crippen LogP contribution in [0.3, 0.4) is 0 Å². The van der Waals surface area contributed by atoms with Crippen LogP contribution in [-0.4, -0.2) is 22.2 Å². The van der Waals surface area contributed by atoms with Gasteiger partial charge in [-0.15, -0.1) is 0 Å². The molecule has 1 aliphatic heterocycles. The van der Waals surface area contributed by atoms with Crippen LogP contribution in [0.15, 0.2) is 24.3 Å². The van der Waals surface area contributed by atoms with Gasteiger partial charge in [0.1, 0.15) is 0 Å². The van der Waals surface area contributed by atoms with E-state index in [1.807, 2.05) is 31.2 Å². The third kappa shape index (κ3) is 2.65. The van der Waals surface area contributed by atoms with Crippen LogP contribution in [0.5, 0.6) is 0 Å². The van der Waals surface area contributed by atoms with E-state index < -0.39 is 10.8 Å². The lowest BCUT2D eigenvalue weighted by molar-refractivity contribution is 0.127. The van der Waals surface area contributed by atoms with Gasteiger partial charge >= 0.3 is 0 Å².